The van der Waals surface area contributed by atoms with Gasteiger partial charge < -0.3 is 4.74 Å². The number of ketones is 1. The highest BCUT2D eigenvalue weighted by molar-refractivity contribution is 6.00. The molecular formula is C16H11F3O2. The van der Waals surface area contributed by atoms with Gasteiger partial charge in [-0.1, -0.05) is 30.3 Å². The third-order valence-electron chi connectivity index (χ3n) is 3.43. The van der Waals surface area contributed by atoms with E-state index in [9.17, 15) is 18.0 Å². The minimum absolute atomic E-state index is 0.116. The first-order valence-electron chi connectivity index (χ1n) is 6.45. The third-order valence-corrected chi connectivity index (χ3v) is 3.43. The molecule has 2 aromatic carbocycles. The van der Waals surface area contributed by atoms with Gasteiger partial charge >= 0.3 is 6.36 Å². The van der Waals surface area contributed by atoms with Gasteiger partial charge in [0.2, 0.25) is 0 Å². The van der Waals surface area contributed by atoms with Gasteiger partial charge in [-0.2, -0.15) is 0 Å². The quantitative estimate of drug-likeness (QED) is 0.821. The lowest BCUT2D eigenvalue weighted by Gasteiger charge is -2.10. The summed E-state index contributed by atoms with van der Waals surface area (Å²) in [5, 5.41) is 0. The maximum Gasteiger partial charge on any atom is 0.573 e. The average Bonchev–Trinajstić information content (AvgIpc) is 2.78. The molecule has 0 aromatic heterocycles. The number of rotatable bonds is 2. The number of benzene rings is 2. The normalized spacial score (nSPS) is 14.1. The van der Waals surface area contributed by atoms with Crippen molar-refractivity contribution in [2.75, 3.05) is 0 Å². The second-order valence-corrected chi connectivity index (χ2v) is 4.87. The van der Waals surface area contributed by atoms with E-state index in [-0.39, 0.29) is 11.5 Å². The van der Waals surface area contributed by atoms with Crippen LogP contribution in [0, 0.1) is 0 Å². The van der Waals surface area contributed by atoms with Crippen molar-refractivity contribution in [2.45, 2.75) is 19.2 Å². The van der Waals surface area contributed by atoms with Crippen molar-refractivity contribution < 1.29 is 22.7 Å². The van der Waals surface area contributed by atoms with Crippen LogP contribution in [0.4, 0.5) is 13.2 Å². The van der Waals surface area contributed by atoms with Crippen LogP contribution in [-0.4, -0.2) is 12.1 Å². The molecule has 0 saturated heterocycles. The average molecular weight is 292 g/mol. The molecule has 1 aliphatic rings. The predicted octanol–water partition coefficient (Wildman–Crippen LogP) is 4.38. The zero-order valence-corrected chi connectivity index (χ0v) is 10.9. The minimum atomic E-state index is -4.71. The number of ether oxygens (including phenoxy) is 1. The van der Waals surface area contributed by atoms with E-state index in [2.05, 4.69) is 4.74 Å². The fraction of sp³-hybridized carbons (Fsp3) is 0.188. The van der Waals surface area contributed by atoms with Gasteiger partial charge in [0.1, 0.15) is 5.75 Å². The number of Topliss-reactive ketones (excluding diaryl/α,β-unsaturated/α-hetero) is 1. The first-order valence-corrected chi connectivity index (χ1v) is 6.45. The molecule has 0 unspecified atom stereocenters. The molecular weight excluding hydrogens is 281 g/mol. The number of aryl methyl sites for hydroxylation is 1. The molecule has 108 valence electrons. The van der Waals surface area contributed by atoms with Crippen LogP contribution in [0.15, 0.2) is 42.5 Å². The lowest BCUT2D eigenvalue weighted by atomic mass is 10.0. The molecule has 0 saturated carbocycles. The lowest BCUT2D eigenvalue weighted by Crippen LogP contribution is -2.17. The van der Waals surface area contributed by atoms with Gasteiger partial charge in [-0.3, -0.25) is 4.79 Å². The summed E-state index contributed by atoms with van der Waals surface area (Å²) in [5.74, 6) is -0.137. The highest BCUT2D eigenvalue weighted by atomic mass is 19.4. The smallest absolute Gasteiger partial charge is 0.406 e. The fourth-order valence-corrected chi connectivity index (χ4v) is 2.51. The first-order chi connectivity index (χ1) is 9.92. The number of carbonyl (C=O) groups excluding carboxylic acids is 1. The maximum atomic E-state index is 12.2. The molecule has 0 fully saturated rings. The molecule has 0 N–H and O–H groups in total. The molecule has 0 heterocycles. The van der Waals surface area contributed by atoms with Crippen LogP contribution in [0.2, 0.25) is 0 Å². The number of halogens is 3. The monoisotopic (exact) mass is 292 g/mol. The van der Waals surface area contributed by atoms with Crippen molar-refractivity contribution in [2.24, 2.45) is 0 Å². The van der Waals surface area contributed by atoms with Gasteiger partial charge in [0, 0.05) is 12.0 Å². The van der Waals surface area contributed by atoms with Crippen molar-refractivity contribution in [1.82, 2.24) is 0 Å². The largest absolute Gasteiger partial charge is 0.573 e. The second-order valence-electron chi connectivity index (χ2n) is 4.87. The Kier molecular flexibility index (Phi) is 3.20. The Morgan fingerprint density at radius 3 is 2.48 bits per heavy atom. The lowest BCUT2D eigenvalue weighted by molar-refractivity contribution is -0.274. The summed E-state index contributed by atoms with van der Waals surface area (Å²) < 4.78 is 40.6. The topological polar surface area (TPSA) is 26.3 Å². The van der Waals surface area contributed by atoms with Gasteiger partial charge in [-0.15, -0.1) is 13.2 Å². The number of fused-ring (bicyclic) bond motifs is 1. The van der Waals surface area contributed by atoms with Crippen LogP contribution >= 0.6 is 0 Å². The van der Waals surface area contributed by atoms with Crippen LogP contribution in [0.3, 0.4) is 0 Å². The fourth-order valence-electron chi connectivity index (χ4n) is 2.51. The van der Waals surface area contributed by atoms with Gasteiger partial charge in [-0.05, 0) is 35.2 Å². The van der Waals surface area contributed by atoms with Crippen molar-refractivity contribution in [3.63, 3.8) is 0 Å². The molecule has 0 radical (unpaired) electrons. The zero-order chi connectivity index (χ0) is 15.0. The molecule has 0 atom stereocenters. The summed E-state index contributed by atoms with van der Waals surface area (Å²) in [5.41, 5.74) is 3.05. The molecule has 2 nitrogen and oxygen atoms in total. The van der Waals surface area contributed by atoms with Crippen LogP contribution in [0.5, 0.6) is 5.75 Å². The Hall–Kier alpha value is -2.30. The number of hydrogen-bond donors (Lipinski definition) is 0. The summed E-state index contributed by atoms with van der Waals surface area (Å²) in [4.78, 5) is 11.6. The van der Waals surface area contributed by atoms with Crippen molar-refractivity contribution in [1.29, 1.82) is 0 Å². The molecule has 0 aliphatic heterocycles. The van der Waals surface area contributed by atoms with E-state index in [1.54, 1.807) is 18.2 Å². The summed E-state index contributed by atoms with van der Waals surface area (Å²) in [6, 6.07) is 11.1. The molecule has 0 spiro atoms. The Labute approximate surface area is 119 Å². The minimum Gasteiger partial charge on any atom is -0.406 e. The van der Waals surface area contributed by atoms with Crippen LogP contribution in [0.25, 0.3) is 11.1 Å². The van der Waals surface area contributed by atoms with E-state index in [1.807, 2.05) is 6.07 Å². The van der Waals surface area contributed by atoms with Crippen LogP contribution in [0.1, 0.15) is 22.3 Å². The molecule has 1 aliphatic carbocycles. The second kappa shape index (κ2) is 4.91. The van der Waals surface area contributed by atoms with Gasteiger partial charge in [0.25, 0.3) is 0 Å². The Morgan fingerprint density at radius 2 is 1.71 bits per heavy atom. The Bertz CT molecular complexity index is 705. The number of carbonyl (C=O) groups is 1. The van der Waals surface area contributed by atoms with E-state index in [0.717, 1.165) is 11.1 Å². The Balaban J connectivity index is 1.94. The SMILES string of the molecule is O=C1CCc2cc(-c3cccc(OC(F)(F)F)c3)ccc21. The molecule has 2 aromatic rings. The molecule has 3 rings (SSSR count). The van der Waals surface area contributed by atoms with E-state index >= 15 is 0 Å². The van der Waals surface area contributed by atoms with Gasteiger partial charge in [0.05, 0.1) is 0 Å². The standard InChI is InChI=1S/C16H11F3O2/c17-16(18,19)21-13-3-1-2-10(9-13)11-4-6-14-12(8-11)5-7-15(14)20/h1-4,6,8-9H,5,7H2. The Morgan fingerprint density at radius 1 is 0.952 bits per heavy atom. The first kappa shape index (κ1) is 13.7. The van der Waals surface area contributed by atoms with E-state index < -0.39 is 6.36 Å². The van der Waals surface area contributed by atoms with Crippen molar-refractivity contribution in [3.05, 3.63) is 53.6 Å². The molecule has 0 bridgehead atoms. The predicted molar refractivity (Wildman–Crippen MR) is 71.2 cm³/mol. The summed E-state index contributed by atoms with van der Waals surface area (Å²) in [6.07, 6.45) is -3.53. The third kappa shape index (κ3) is 2.91. The summed E-state index contributed by atoms with van der Waals surface area (Å²) in [6.45, 7) is 0. The summed E-state index contributed by atoms with van der Waals surface area (Å²) in [7, 11) is 0. The van der Waals surface area contributed by atoms with Crippen LogP contribution < -0.4 is 4.74 Å². The van der Waals surface area contributed by atoms with Crippen molar-refractivity contribution >= 4 is 5.78 Å². The van der Waals surface area contributed by atoms with E-state index in [4.69, 9.17) is 0 Å². The number of alkyl halides is 3. The highest BCUT2D eigenvalue weighted by Gasteiger charge is 2.31. The highest BCUT2D eigenvalue weighted by Crippen LogP contribution is 2.31. The van der Waals surface area contributed by atoms with Crippen LogP contribution in [-0.2, 0) is 6.42 Å². The molecule has 0 amide bonds. The molecule has 5 heteroatoms. The number of hydrogen-bond acceptors (Lipinski definition) is 2. The van der Waals surface area contributed by atoms with E-state index in [1.165, 1.54) is 18.2 Å². The molecule has 21 heavy (non-hydrogen) atoms. The van der Waals surface area contributed by atoms with Gasteiger partial charge in [-0.25, -0.2) is 0 Å². The van der Waals surface area contributed by atoms with Gasteiger partial charge in [0.15, 0.2) is 5.78 Å². The van der Waals surface area contributed by atoms with Crippen molar-refractivity contribution in [3.8, 4) is 16.9 Å². The zero-order valence-electron chi connectivity index (χ0n) is 10.9. The van der Waals surface area contributed by atoms with E-state index in [0.29, 0.717) is 24.0 Å². The maximum absolute atomic E-state index is 12.2. The summed E-state index contributed by atoms with van der Waals surface area (Å²) >= 11 is 0.